The zero-order valence-electron chi connectivity index (χ0n) is 31.1. The van der Waals surface area contributed by atoms with Crippen LogP contribution in [0.5, 0.6) is 0 Å². The number of aromatic nitrogens is 8. The Morgan fingerprint density at radius 2 is 0.466 bits per heavy atom. The second-order valence-corrected chi connectivity index (χ2v) is 13.7. The fourth-order valence-corrected chi connectivity index (χ4v) is 6.84. The molecule has 272 valence electrons. The Bertz CT molecular complexity index is 2690. The molecule has 0 amide bonds. The van der Waals surface area contributed by atoms with Crippen LogP contribution in [0.3, 0.4) is 0 Å². The molecule has 0 fully saturated rings. The SMILES string of the molecule is c1ccc(-c2nc(-c3ccccc3)nc(-c3ccc(-c4cnc5ncc(-c6ccc(-c7nc(-c8ccccc8)nc(-c8ccccc8)n7)cc6)cc5c4)cc3)n2)cc1. The minimum atomic E-state index is 0.611. The number of hydrogen-bond acceptors (Lipinski definition) is 8. The first-order chi connectivity index (χ1) is 28.7. The third-order valence-electron chi connectivity index (χ3n) is 9.88. The molecule has 0 saturated carbocycles. The summed E-state index contributed by atoms with van der Waals surface area (Å²) in [4.78, 5) is 38.6. The first-order valence-electron chi connectivity index (χ1n) is 18.9. The smallest absolute Gasteiger partial charge is 0.164 e. The van der Waals surface area contributed by atoms with Crippen molar-refractivity contribution in [1.82, 2.24) is 39.9 Å². The summed E-state index contributed by atoms with van der Waals surface area (Å²) in [6.07, 6.45) is 3.73. The van der Waals surface area contributed by atoms with Gasteiger partial charge in [0, 0.05) is 62.3 Å². The van der Waals surface area contributed by atoms with Crippen LogP contribution in [0.4, 0.5) is 0 Å². The van der Waals surface area contributed by atoms with Crippen LogP contribution in [0.2, 0.25) is 0 Å². The van der Waals surface area contributed by atoms with Gasteiger partial charge in [-0.25, -0.2) is 39.9 Å². The van der Waals surface area contributed by atoms with Crippen LogP contribution >= 0.6 is 0 Å². The van der Waals surface area contributed by atoms with E-state index in [0.29, 0.717) is 40.6 Å². The molecule has 10 rings (SSSR count). The Kier molecular flexibility index (Phi) is 9.02. The van der Waals surface area contributed by atoms with Crippen LogP contribution in [-0.4, -0.2) is 39.9 Å². The molecule has 0 atom stereocenters. The van der Waals surface area contributed by atoms with E-state index in [1.54, 1.807) is 0 Å². The third-order valence-corrected chi connectivity index (χ3v) is 9.88. The molecule has 0 aliphatic heterocycles. The number of rotatable bonds is 8. The van der Waals surface area contributed by atoms with Crippen molar-refractivity contribution in [2.45, 2.75) is 0 Å². The van der Waals surface area contributed by atoms with Crippen molar-refractivity contribution in [3.63, 3.8) is 0 Å². The molecule has 0 spiro atoms. The van der Waals surface area contributed by atoms with E-state index in [9.17, 15) is 0 Å². The summed E-state index contributed by atoms with van der Waals surface area (Å²) >= 11 is 0. The summed E-state index contributed by atoms with van der Waals surface area (Å²) in [7, 11) is 0. The molecule has 0 bridgehead atoms. The highest BCUT2D eigenvalue weighted by Gasteiger charge is 2.15. The molecule has 0 radical (unpaired) electrons. The lowest BCUT2D eigenvalue weighted by Gasteiger charge is -2.10. The number of fused-ring (bicyclic) bond motifs is 1. The molecule has 8 nitrogen and oxygen atoms in total. The molecule has 6 aromatic carbocycles. The highest BCUT2D eigenvalue weighted by Crippen LogP contribution is 2.31. The van der Waals surface area contributed by atoms with E-state index in [1.165, 1.54) is 0 Å². The Morgan fingerprint density at radius 3 is 0.741 bits per heavy atom. The van der Waals surface area contributed by atoms with Crippen molar-refractivity contribution < 1.29 is 0 Å². The second-order valence-electron chi connectivity index (χ2n) is 13.7. The summed E-state index contributed by atoms with van der Waals surface area (Å²) in [6.45, 7) is 0. The van der Waals surface area contributed by atoms with E-state index in [2.05, 4.69) is 36.4 Å². The zero-order chi connectivity index (χ0) is 38.7. The van der Waals surface area contributed by atoms with Gasteiger partial charge in [0.05, 0.1) is 0 Å². The molecule has 4 aromatic heterocycles. The minimum absolute atomic E-state index is 0.611. The molecule has 58 heavy (non-hydrogen) atoms. The van der Waals surface area contributed by atoms with Crippen LogP contribution in [0.25, 0.3) is 102 Å². The second kappa shape index (κ2) is 15.2. The van der Waals surface area contributed by atoms with Gasteiger partial charge in [-0.3, -0.25) is 0 Å². The summed E-state index contributed by atoms with van der Waals surface area (Å²) in [5.74, 6) is 3.74. The molecule has 0 saturated heterocycles. The van der Waals surface area contributed by atoms with E-state index < -0.39 is 0 Å². The quantitative estimate of drug-likeness (QED) is 0.151. The maximum atomic E-state index is 4.88. The van der Waals surface area contributed by atoms with E-state index in [4.69, 9.17) is 39.9 Å². The third kappa shape index (κ3) is 7.09. The topological polar surface area (TPSA) is 103 Å². The largest absolute Gasteiger partial charge is 0.236 e. The van der Waals surface area contributed by atoms with Gasteiger partial charge in [0.1, 0.15) is 0 Å². The fraction of sp³-hybridized carbons (Fsp3) is 0. The summed E-state index contributed by atoms with van der Waals surface area (Å²) in [6, 6.07) is 60.7. The Balaban J connectivity index is 0.941. The van der Waals surface area contributed by atoms with Gasteiger partial charge < -0.3 is 0 Å². The standard InChI is InChI=1S/C50H32N8/c1-5-13-35(14-6-1)45-53-46(36-15-7-2-8-16-36)56-49(55-45)39-25-21-33(22-26-39)42-29-41-30-43(32-52-44(41)51-31-42)34-23-27-40(28-24-34)50-57-47(37-17-9-3-10-18-37)54-48(58-50)38-19-11-4-12-20-38/h1-32H. The highest BCUT2D eigenvalue weighted by atomic mass is 15.0. The van der Waals surface area contributed by atoms with Crippen molar-refractivity contribution in [2.24, 2.45) is 0 Å². The molecule has 4 heterocycles. The number of pyridine rings is 2. The predicted octanol–water partition coefficient (Wildman–Crippen LogP) is 11.3. The monoisotopic (exact) mass is 744 g/mol. The first-order valence-corrected chi connectivity index (χ1v) is 18.9. The lowest BCUT2D eigenvalue weighted by molar-refractivity contribution is 1.07. The zero-order valence-corrected chi connectivity index (χ0v) is 31.1. The Hall–Kier alpha value is -8.10. The van der Waals surface area contributed by atoms with Gasteiger partial charge in [-0.2, -0.15) is 0 Å². The lowest BCUT2D eigenvalue weighted by atomic mass is 10.0. The molecule has 0 unspecified atom stereocenters. The molecular weight excluding hydrogens is 713 g/mol. The Labute approximate surface area is 334 Å². The normalized spacial score (nSPS) is 11.1. The number of hydrogen-bond donors (Lipinski definition) is 0. The van der Waals surface area contributed by atoms with Crippen molar-refractivity contribution in [3.8, 4) is 90.6 Å². The summed E-state index contributed by atoms with van der Waals surface area (Å²) in [5, 5.41) is 0.943. The van der Waals surface area contributed by atoms with Crippen molar-refractivity contribution in [1.29, 1.82) is 0 Å². The first kappa shape index (κ1) is 34.4. The fourth-order valence-electron chi connectivity index (χ4n) is 6.84. The minimum Gasteiger partial charge on any atom is -0.236 e. The van der Waals surface area contributed by atoms with E-state index >= 15 is 0 Å². The van der Waals surface area contributed by atoms with E-state index in [-0.39, 0.29) is 0 Å². The number of benzene rings is 6. The van der Waals surface area contributed by atoms with E-state index in [0.717, 1.165) is 61.0 Å². The molecule has 0 aliphatic carbocycles. The molecule has 0 aliphatic rings. The Morgan fingerprint density at radius 1 is 0.224 bits per heavy atom. The van der Waals surface area contributed by atoms with Crippen LogP contribution in [0.15, 0.2) is 194 Å². The van der Waals surface area contributed by atoms with Crippen molar-refractivity contribution in [3.05, 3.63) is 194 Å². The van der Waals surface area contributed by atoms with Crippen molar-refractivity contribution in [2.75, 3.05) is 0 Å². The van der Waals surface area contributed by atoms with Gasteiger partial charge in [0.2, 0.25) is 0 Å². The lowest BCUT2D eigenvalue weighted by Crippen LogP contribution is -2.00. The maximum Gasteiger partial charge on any atom is 0.164 e. The summed E-state index contributed by atoms with van der Waals surface area (Å²) in [5.41, 5.74) is 10.2. The van der Waals surface area contributed by atoms with Gasteiger partial charge in [0.25, 0.3) is 0 Å². The van der Waals surface area contributed by atoms with Gasteiger partial charge in [-0.15, -0.1) is 0 Å². The predicted molar refractivity (Wildman–Crippen MR) is 230 cm³/mol. The van der Waals surface area contributed by atoms with Crippen LogP contribution < -0.4 is 0 Å². The van der Waals surface area contributed by atoms with Crippen LogP contribution in [-0.2, 0) is 0 Å². The summed E-state index contributed by atoms with van der Waals surface area (Å²) < 4.78 is 0. The maximum absolute atomic E-state index is 4.88. The van der Waals surface area contributed by atoms with Crippen LogP contribution in [0, 0.1) is 0 Å². The molecule has 8 heteroatoms. The van der Waals surface area contributed by atoms with E-state index in [1.807, 2.05) is 158 Å². The van der Waals surface area contributed by atoms with Gasteiger partial charge in [-0.05, 0) is 23.3 Å². The molecular formula is C50H32N8. The molecule has 0 N–H and O–H groups in total. The van der Waals surface area contributed by atoms with Gasteiger partial charge >= 0.3 is 0 Å². The average Bonchev–Trinajstić information content (AvgIpc) is 3.32. The van der Waals surface area contributed by atoms with Crippen molar-refractivity contribution >= 4 is 11.0 Å². The number of nitrogens with zero attached hydrogens (tertiary/aromatic N) is 8. The average molecular weight is 745 g/mol. The van der Waals surface area contributed by atoms with Gasteiger partial charge in [-0.1, -0.05) is 170 Å². The highest BCUT2D eigenvalue weighted by molar-refractivity contribution is 5.85. The van der Waals surface area contributed by atoms with Gasteiger partial charge in [0.15, 0.2) is 40.6 Å². The molecule has 10 aromatic rings. The van der Waals surface area contributed by atoms with Crippen LogP contribution in [0.1, 0.15) is 0 Å².